The Labute approximate surface area is 109 Å². The Morgan fingerprint density at radius 1 is 1.32 bits per heavy atom. The van der Waals surface area contributed by atoms with Crippen molar-refractivity contribution >= 4 is 12.0 Å². The molecule has 1 atom stereocenters. The lowest BCUT2D eigenvalue weighted by atomic mass is 10.1. The van der Waals surface area contributed by atoms with E-state index in [1.165, 1.54) is 0 Å². The van der Waals surface area contributed by atoms with Crippen molar-refractivity contribution < 1.29 is 27.9 Å². The summed E-state index contributed by atoms with van der Waals surface area (Å²) < 4.78 is 36.9. The number of rotatable bonds is 6. The van der Waals surface area contributed by atoms with Crippen molar-refractivity contribution in [2.75, 3.05) is 13.1 Å². The molecule has 2 N–H and O–H groups in total. The molecule has 0 aliphatic carbocycles. The van der Waals surface area contributed by atoms with E-state index < -0.39 is 36.7 Å². The number of nitrogens with one attached hydrogen (secondary N) is 1. The standard InChI is InChI=1S/C11H19F3N2O3/c1-4-5-16(6-11(12,13)14)10(19)15-8(7(2)3)9(17)18/h7-8H,4-6H2,1-3H3,(H,15,19)(H,17,18)/t8-/m1/s1. The zero-order chi connectivity index (χ0) is 15.2. The zero-order valence-electron chi connectivity index (χ0n) is 11.1. The van der Waals surface area contributed by atoms with Crippen LogP contribution in [0.2, 0.25) is 0 Å². The molecule has 112 valence electrons. The van der Waals surface area contributed by atoms with Crippen molar-refractivity contribution in [1.29, 1.82) is 0 Å². The van der Waals surface area contributed by atoms with E-state index in [1.807, 2.05) is 0 Å². The number of carboxylic acid groups (broad SMARTS) is 1. The monoisotopic (exact) mass is 284 g/mol. The van der Waals surface area contributed by atoms with Crippen LogP contribution in [0, 0.1) is 5.92 Å². The van der Waals surface area contributed by atoms with Gasteiger partial charge in [0.2, 0.25) is 0 Å². The molecule has 0 saturated carbocycles. The van der Waals surface area contributed by atoms with Crippen LogP contribution >= 0.6 is 0 Å². The lowest BCUT2D eigenvalue weighted by Crippen LogP contribution is -2.52. The molecule has 5 nitrogen and oxygen atoms in total. The molecule has 2 amide bonds. The fourth-order valence-corrected chi connectivity index (χ4v) is 1.48. The van der Waals surface area contributed by atoms with E-state index in [0.29, 0.717) is 11.3 Å². The van der Waals surface area contributed by atoms with Gasteiger partial charge in [0, 0.05) is 6.54 Å². The minimum absolute atomic E-state index is 0.0875. The number of nitrogens with zero attached hydrogens (tertiary/aromatic N) is 1. The first-order valence-electron chi connectivity index (χ1n) is 5.93. The van der Waals surface area contributed by atoms with Crippen molar-refractivity contribution in [3.63, 3.8) is 0 Å². The molecule has 0 aliphatic heterocycles. The second kappa shape index (κ2) is 7.20. The van der Waals surface area contributed by atoms with E-state index in [1.54, 1.807) is 20.8 Å². The molecule has 0 aromatic heterocycles. The molecule has 0 bridgehead atoms. The third-order valence-corrected chi connectivity index (χ3v) is 2.36. The topological polar surface area (TPSA) is 69.6 Å². The van der Waals surface area contributed by atoms with Crippen molar-refractivity contribution in [3.8, 4) is 0 Å². The lowest BCUT2D eigenvalue weighted by Gasteiger charge is -2.26. The maximum absolute atomic E-state index is 12.3. The van der Waals surface area contributed by atoms with E-state index >= 15 is 0 Å². The van der Waals surface area contributed by atoms with Crippen LogP contribution in [0.25, 0.3) is 0 Å². The molecule has 0 unspecified atom stereocenters. The summed E-state index contributed by atoms with van der Waals surface area (Å²) in [6, 6.07) is -2.22. The summed E-state index contributed by atoms with van der Waals surface area (Å²) >= 11 is 0. The Balaban J connectivity index is 4.76. The molecule has 0 saturated heterocycles. The maximum Gasteiger partial charge on any atom is 0.406 e. The number of hydrogen-bond acceptors (Lipinski definition) is 2. The maximum atomic E-state index is 12.3. The quantitative estimate of drug-likeness (QED) is 0.784. The van der Waals surface area contributed by atoms with E-state index in [-0.39, 0.29) is 6.54 Å². The minimum Gasteiger partial charge on any atom is -0.480 e. The Hall–Kier alpha value is -1.47. The molecule has 0 aliphatic rings. The van der Waals surface area contributed by atoms with Crippen LogP contribution in [0.1, 0.15) is 27.2 Å². The molecule has 0 radical (unpaired) electrons. The van der Waals surface area contributed by atoms with Gasteiger partial charge in [0.25, 0.3) is 0 Å². The summed E-state index contributed by atoms with van der Waals surface area (Å²) in [4.78, 5) is 23.1. The molecular weight excluding hydrogens is 265 g/mol. The second-order valence-corrected chi connectivity index (χ2v) is 4.55. The number of amides is 2. The number of urea groups is 1. The third-order valence-electron chi connectivity index (χ3n) is 2.36. The van der Waals surface area contributed by atoms with Gasteiger partial charge in [0.1, 0.15) is 12.6 Å². The van der Waals surface area contributed by atoms with Gasteiger partial charge in [-0.3, -0.25) is 0 Å². The fraction of sp³-hybridized carbons (Fsp3) is 0.818. The number of aliphatic carboxylic acids is 1. The summed E-state index contributed by atoms with van der Waals surface area (Å²) in [5.41, 5.74) is 0. The SMILES string of the molecule is CCCN(CC(F)(F)F)C(=O)N[C@@H](C(=O)O)C(C)C. The van der Waals surface area contributed by atoms with Gasteiger partial charge in [0.15, 0.2) is 0 Å². The van der Waals surface area contributed by atoms with Crippen LogP contribution in [0.5, 0.6) is 0 Å². The first-order valence-corrected chi connectivity index (χ1v) is 5.93. The van der Waals surface area contributed by atoms with E-state index in [4.69, 9.17) is 5.11 Å². The predicted molar refractivity (Wildman–Crippen MR) is 62.7 cm³/mol. The largest absolute Gasteiger partial charge is 0.480 e. The number of halogens is 3. The molecular formula is C11H19F3N2O3. The van der Waals surface area contributed by atoms with Gasteiger partial charge < -0.3 is 15.3 Å². The first kappa shape index (κ1) is 17.5. The summed E-state index contributed by atoms with van der Waals surface area (Å²) in [6.45, 7) is 3.28. The Morgan fingerprint density at radius 3 is 2.16 bits per heavy atom. The van der Waals surface area contributed by atoms with Crippen molar-refractivity contribution in [1.82, 2.24) is 10.2 Å². The highest BCUT2D eigenvalue weighted by atomic mass is 19.4. The van der Waals surface area contributed by atoms with Crippen LogP contribution in [0.3, 0.4) is 0 Å². The van der Waals surface area contributed by atoms with Crippen LogP contribution in [-0.2, 0) is 4.79 Å². The fourth-order valence-electron chi connectivity index (χ4n) is 1.48. The molecule has 0 fully saturated rings. The smallest absolute Gasteiger partial charge is 0.406 e. The first-order chi connectivity index (χ1) is 8.58. The highest BCUT2D eigenvalue weighted by molar-refractivity contribution is 5.82. The van der Waals surface area contributed by atoms with E-state index in [2.05, 4.69) is 5.32 Å². The van der Waals surface area contributed by atoms with Gasteiger partial charge in [-0.1, -0.05) is 20.8 Å². The summed E-state index contributed by atoms with van der Waals surface area (Å²) in [6.07, 6.45) is -4.16. The van der Waals surface area contributed by atoms with Gasteiger partial charge in [0.05, 0.1) is 0 Å². The Kier molecular flexibility index (Phi) is 6.64. The van der Waals surface area contributed by atoms with Gasteiger partial charge in [-0.05, 0) is 12.3 Å². The highest BCUT2D eigenvalue weighted by Gasteiger charge is 2.34. The van der Waals surface area contributed by atoms with Crippen molar-refractivity contribution in [3.05, 3.63) is 0 Å². The van der Waals surface area contributed by atoms with Crippen molar-refractivity contribution in [2.24, 2.45) is 5.92 Å². The number of hydrogen-bond donors (Lipinski definition) is 2. The summed E-state index contributed by atoms with van der Waals surface area (Å²) in [5, 5.41) is 11.0. The highest BCUT2D eigenvalue weighted by Crippen LogP contribution is 2.17. The van der Waals surface area contributed by atoms with E-state index in [9.17, 15) is 22.8 Å². The number of carbonyl (C=O) groups excluding carboxylic acids is 1. The minimum atomic E-state index is -4.51. The zero-order valence-corrected chi connectivity index (χ0v) is 11.1. The van der Waals surface area contributed by atoms with Crippen LogP contribution in [0.15, 0.2) is 0 Å². The molecule has 0 heterocycles. The number of carboxylic acids is 1. The average molecular weight is 284 g/mol. The summed E-state index contributed by atoms with van der Waals surface area (Å²) in [5.74, 6) is -1.69. The van der Waals surface area contributed by atoms with Gasteiger partial charge in [-0.15, -0.1) is 0 Å². The average Bonchev–Trinajstić information content (AvgIpc) is 2.22. The van der Waals surface area contributed by atoms with E-state index in [0.717, 1.165) is 0 Å². The lowest BCUT2D eigenvalue weighted by molar-refractivity contribution is -0.141. The predicted octanol–water partition coefficient (Wildman–Crippen LogP) is 2.08. The molecule has 0 aromatic rings. The number of carbonyl (C=O) groups is 2. The Bertz CT molecular complexity index is 319. The van der Waals surface area contributed by atoms with Crippen LogP contribution < -0.4 is 5.32 Å². The molecule has 0 aromatic carbocycles. The molecule has 0 spiro atoms. The second-order valence-electron chi connectivity index (χ2n) is 4.55. The van der Waals surface area contributed by atoms with Gasteiger partial charge >= 0.3 is 18.2 Å². The summed E-state index contributed by atoms with van der Waals surface area (Å²) in [7, 11) is 0. The number of alkyl halides is 3. The van der Waals surface area contributed by atoms with Gasteiger partial charge in [-0.2, -0.15) is 13.2 Å². The third kappa shape index (κ3) is 6.88. The van der Waals surface area contributed by atoms with Crippen LogP contribution in [0.4, 0.5) is 18.0 Å². The normalized spacial score (nSPS) is 13.2. The molecule has 19 heavy (non-hydrogen) atoms. The Morgan fingerprint density at radius 2 is 1.84 bits per heavy atom. The molecule has 8 heteroatoms. The van der Waals surface area contributed by atoms with Gasteiger partial charge in [-0.25, -0.2) is 9.59 Å². The van der Waals surface area contributed by atoms with Crippen LogP contribution in [-0.4, -0.2) is 47.3 Å². The molecule has 0 rings (SSSR count). The van der Waals surface area contributed by atoms with Crippen molar-refractivity contribution in [2.45, 2.75) is 39.4 Å².